The number of hydrogen-bond donors (Lipinski definition) is 2. The highest BCUT2D eigenvalue weighted by molar-refractivity contribution is 6.30. The molecule has 2 atom stereocenters. The number of quaternary nitrogens is 1. The first-order chi connectivity index (χ1) is 13.0. The van der Waals surface area contributed by atoms with E-state index in [4.69, 9.17) is 25.8 Å². The van der Waals surface area contributed by atoms with Crippen molar-refractivity contribution in [3.63, 3.8) is 0 Å². The monoisotopic (exact) mass is 391 g/mol. The molecule has 0 saturated carbocycles. The van der Waals surface area contributed by atoms with E-state index in [9.17, 15) is 4.79 Å². The number of carbonyl (C=O) groups excluding carboxylic acids is 1. The molecule has 0 aromatic heterocycles. The fraction of sp³-hybridized carbons (Fsp3) is 0.350. The van der Waals surface area contributed by atoms with Crippen LogP contribution in [0, 0.1) is 0 Å². The van der Waals surface area contributed by atoms with Crippen LogP contribution < -0.4 is 24.4 Å². The Morgan fingerprint density at radius 3 is 2.74 bits per heavy atom. The van der Waals surface area contributed by atoms with E-state index in [-0.39, 0.29) is 18.7 Å². The summed E-state index contributed by atoms with van der Waals surface area (Å²) in [4.78, 5) is 13.4. The van der Waals surface area contributed by atoms with E-state index in [0.29, 0.717) is 24.7 Å². The highest BCUT2D eigenvalue weighted by Crippen LogP contribution is 2.34. The third-order valence-corrected chi connectivity index (χ3v) is 4.60. The second-order valence-electron chi connectivity index (χ2n) is 6.59. The average molecular weight is 392 g/mol. The quantitative estimate of drug-likeness (QED) is 0.721. The summed E-state index contributed by atoms with van der Waals surface area (Å²) in [5.74, 6) is 2.22. The van der Waals surface area contributed by atoms with E-state index in [1.54, 1.807) is 12.1 Å². The number of benzene rings is 2. The largest absolute Gasteiger partial charge is 0.488 e. The lowest BCUT2D eigenvalue weighted by Crippen LogP contribution is -3.10. The second kappa shape index (κ2) is 8.97. The van der Waals surface area contributed by atoms with Crippen LogP contribution in [0.1, 0.15) is 18.5 Å². The molecule has 2 N–H and O–H groups in total. The smallest absolute Gasteiger partial charge is 0.275 e. The molecule has 3 rings (SSSR count). The van der Waals surface area contributed by atoms with Crippen LogP contribution in [0.3, 0.4) is 0 Å². The summed E-state index contributed by atoms with van der Waals surface area (Å²) in [6.45, 7) is 3.81. The third kappa shape index (κ3) is 5.52. The highest BCUT2D eigenvalue weighted by atomic mass is 35.5. The van der Waals surface area contributed by atoms with Crippen LogP contribution in [0.25, 0.3) is 0 Å². The molecule has 1 aliphatic heterocycles. The molecule has 0 spiro atoms. The standard InChI is InChI=1S/C20H23ClN2O4/c1-14(15-3-8-18-19(11-15)27-13-26-18)22-20(24)12-23(2)9-10-25-17-6-4-16(21)5-7-17/h3-8,11,14H,9-10,12-13H2,1-2H3,(H,22,24)/p+1/t14-/m0/s1. The van der Waals surface area contributed by atoms with Crippen LogP contribution in [0.2, 0.25) is 5.02 Å². The lowest BCUT2D eigenvalue weighted by molar-refractivity contribution is -0.871. The topological polar surface area (TPSA) is 61.2 Å². The number of likely N-dealkylation sites (N-methyl/N-ethyl adjacent to an activating group) is 1. The Morgan fingerprint density at radius 2 is 1.96 bits per heavy atom. The van der Waals surface area contributed by atoms with Gasteiger partial charge in [-0.1, -0.05) is 17.7 Å². The zero-order chi connectivity index (χ0) is 19.2. The van der Waals surface area contributed by atoms with Crippen LogP contribution >= 0.6 is 11.6 Å². The Hall–Kier alpha value is -2.44. The number of ether oxygens (including phenoxy) is 3. The summed E-state index contributed by atoms with van der Waals surface area (Å²) < 4.78 is 16.4. The molecule has 0 saturated heterocycles. The predicted molar refractivity (Wildman–Crippen MR) is 103 cm³/mol. The van der Waals surface area contributed by atoms with Crippen molar-refractivity contribution in [3.05, 3.63) is 53.1 Å². The molecule has 1 aliphatic rings. The summed E-state index contributed by atoms with van der Waals surface area (Å²) >= 11 is 5.85. The normalized spacial score (nSPS) is 14.5. The number of hydrogen-bond acceptors (Lipinski definition) is 4. The first kappa shape index (κ1) is 19.3. The van der Waals surface area contributed by atoms with E-state index < -0.39 is 0 Å². The Morgan fingerprint density at radius 1 is 1.22 bits per heavy atom. The van der Waals surface area contributed by atoms with Crippen LogP contribution in [0.4, 0.5) is 0 Å². The molecular formula is C20H24ClN2O4+. The second-order valence-corrected chi connectivity index (χ2v) is 7.02. The van der Waals surface area contributed by atoms with Gasteiger partial charge in [-0.25, -0.2) is 0 Å². The van der Waals surface area contributed by atoms with Crippen molar-refractivity contribution in [2.45, 2.75) is 13.0 Å². The molecule has 2 aromatic rings. The molecule has 0 fully saturated rings. The molecule has 6 nitrogen and oxygen atoms in total. The molecule has 27 heavy (non-hydrogen) atoms. The minimum atomic E-state index is -0.106. The van der Waals surface area contributed by atoms with Crippen molar-refractivity contribution in [3.8, 4) is 17.2 Å². The van der Waals surface area contributed by atoms with Gasteiger partial charge in [0.1, 0.15) is 18.9 Å². The van der Waals surface area contributed by atoms with E-state index >= 15 is 0 Å². The Balaban J connectivity index is 1.40. The van der Waals surface area contributed by atoms with Gasteiger partial charge < -0.3 is 24.4 Å². The maximum atomic E-state index is 12.3. The van der Waals surface area contributed by atoms with Crippen molar-refractivity contribution in [2.24, 2.45) is 0 Å². The third-order valence-electron chi connectivity index (χ3n) is 4.35. The molecule has 0 bridgehead atoms. The number of fused-ring (bicyclic) bond motifs is 1. The fourth-order valence-corrected chi connectivity index (χ4v) is 2.92. The highest BCUT2D eigenvalue weighted by Gasteiger charge is 2.18. The van der Waals surface area contributed by atoms with E-state index in [1.165, 1.54) is 0 Å². The van der Waals surface area contributed by atoms with Gasteiger partial charge in [0.2, 0.25) is 6.79 Å². The van der Waals surface area contributed by atoms with Crippen molar-refractivity contribution in [2.75, 3.05) is 33.5 Å². The molecule has 1 heterocycles. The van der Waals surface area contributed by atoms with Crippen LogP contribution in [0.5, 0.6) is 17.2 Å². The molecule has 1 unspecified atom stereocenters. The molecule has 0 radical (unpaired) electrons. The van der Waals surface area contributed by atoms with E-state index in [0.717, 1.165) is 27.7 Å². The van der Waals surface area contributed by atoms with Gasteiger partial charge in [-0.2, -0.15) is 0 Å². The number of nitrogens with one attached hydrogen (secondary N) is 2. The maximum Gasteiger partial charge on any atom is 0.275 e. The molecule has 0 aliphatic carbocycles. The molecule has 1 amide bonds. The van der Waals surface area contributed by atoms with Crippen molar-refractivity contribution >= 4 is 17.5 Å². The van der Waals surface area contributed by atoms with Crippen molar-refractivity contribution in [1.29, 1.82) is 0 Å². The van der Waals surface area contributed by atoms with Crippen LogP contribution in [-0.4, -0.2) is 39.4 Å². The summed E-state index contributed by atoms with van der Waals surface area (Å²) in [7, 11) is 1.97. The maximum absolute atomic E-state index is 12.3. The minimum Gasteiger partial charge on any atom is -0.488 e. The molecule has 2 aromatic carbocycles. The fourth-order valence-electron chi connectivity index (χ4n) is 2.79. The summed E-state index contributed by atoms with van der Waals surface area (Å²) in [5.41, 5.74) is 0.983. The lowest BCUT2D eigenvalue weighted by atomic mass is 10.1. The zero-order valence-electron chi connectivity index (χ0n) is 15.5. The van der Waals surface area contributed by atoms with E-state index in [2.05, 4.69) is 5.32 Å². The Bertz CT molecular complexity index is 782. The number of carbonyl (C=O) groups is 1. The van der Waals surface area contributed by atoms with Crippen molar-refractivity contribution < 1.29 is 23.9 Å². The number of rotatable bonds is 8. The van der Waals surface area contributed by atoms with Gasteiger partial charge in [0.15, 0.2) is 18.0 Å². The van der Waals surface area contributed by atoms with Crippen molar-refractivity contribution in [1.82, 2.24) is 5.32 Å². The Labute approximate surface area is 164 Å². The van der Waals surface area contributed by atoms with Gasteiger partial charge in [0, 0.05) is 5.02 Å². The van der Waals surface area contributed by atoms with Gasteiger partial charge in [-0.15, -0.1) is 0 Å². The Kier molecular flexibility index (Phi) is 6.42. The van der Waals surface area contributed by atoms with Gasteiger partial charge in [0.25, 0.3) is 5.91 Å². The molecular weight excluding hydrogens is 368 g/mol. The summed E-state index contributed by atoms with van der Waals surface area (Å²) in [6.07, 6.45) is 0. The molecule has 144 valence electrons. The number of halogens is 1. The molecule has 7 heteroatoms. The minimum absolute atomic E-state index is 0.0100. The van der Waals surface area contributed by atoms with Crippen LogP contribution in [0.15, 0.2) is 42.5 Å². The van der Waals surface area contributed by atoms with Gasteiger partial charge >= 0.3 is 0 Å². The average Bonchev–Trinajstić information content (AvgIpc) is 3.11. The van der Waals surface area contributed by atoms with E-state index in [1.807, 2.05) is 44.3 Å². The predicted octanol–water partition coefficient (Wildman–Crippen LogP) is 1.84. The van der Waals surface area contributed by atoms with Crippen LogP contribution in [-0.2, 0) is 4.79 Å². The lowest BCUT2D eigenvalue weighted by Gasteiger charge is -2.18. The van der Waals surface area contributed by atoms with Gasteiger partial charge in [0.05, 0.1) is 13.1 Å². The van der Waals surface area contributed by atoms with Gasteiger partial charge in [-0.3, -0.25) is 4.79 Å². The summed E-state index contributed by atoms with van der Waals surface area (Å²) in [6, 6.07) is 12.8. The first-order valence-corrected chi connectivity index (χ1v) is 9.27. The first-order valence-electron chi connectivity index (χ1n) is 8.90. The van der Waals surface area contributed by atoms with Gasteiger partial charge in [-0.05, 0) is 48.9 Å². The summed E-state index contributed by atoms with van der Waals surface area (Å²) in [5, 5.41) is 3.70. The zero-order valence-corrected chi connectivity index (χ0v) is 16.2. The SMILES string of the molecule is C[C@H](NC(=O)C[NH+](C)CCOc1ccc(Cl)cc1)c1ccc2c(c1)OCO2. The number of amides is 1.